The summed E-state index contributed by atoms with van der Waals surface area (Å²) in [5, 5.41) is 26.0. The number of hydrogen-bond donors (Lipinski definition) is 2. The highest BCUT2D eigenvalue weighted by Gasteiger charge is 2.20. The van der Waals surface area contributed by atoms with Crippen LogP contribution >= 0.6 is 22.9 Å². The number of esters is 1. The minimum atomic E-state index is -0.614. The van der Waals surface area contributed by atoms with Crippen molar-refractivity contribution in [1.29, 1.82) is 5.26 Å². The summed E-state index contributed by atoms with van der Waals surface area (Å²) < 4.78 is 7.04. The third-order valence-electron chi connectivity index (χ3n) is 5.18. The number of thiophene rings is 1. The van der Waals surface area contributed by atoms with Crippen molar-refractivity contribution in [1.82, 2.24) is 19.7 Å². The van der Waals surface area contributed by atoms with Crippen molar-refractivity contribution >= 4 is 55.7 Å². The average Bonchev–Trinajstić information content (AvgIpc) is 3.53. The Kier molecular flexibility index (Phi) is 5.53. The molecule has 3 heterocycles. The monoisotopic (exact) mass is 489 g/mol. The van der Waals surface area contributed by atoms with Gasteiger partial charge < -0.3 is 14.8 Å². The highest BCUT2D eigenvalue weighted by atomic mass is 35.5. The van der Waals surface area contributed by atoms with Gasteiger partial charge in [0.25, 0.3) is 0 Å². The maximum absolute atomic E-state index is 12.7. The number of rotatable bonds is 5. The highest BCUT2D eigenvalue weighted by molar-refractivity contribution is 7.20. The van der Waals surface area contributed by atoms with Crippen LogP contribution in [-0.4, -0.2) is 37.4 Å². The van der Waals surface area contributed by atoms with Crippen molar-refractivity contribution in [2.75, 3.05) is 6.61 Å². The molecule has 2 aromatic carbocycles. The first kappa shape index (κ1) is 21.7. The van der Waals surface area contributed by atoms with Crippen LogP contribution in [0.15, 0.2) is 60.4 Å². The third-order valence-corrected chi connectivity index (χ3v) is 6.53. The molecule has 10 heteroatoms. The summed E-state index contributed by atoms with van der Waals surface area (Å²) in [5.74, 6) is -0.797. The second kappa shape index (κ2) is 8.67. The number of nitriles is 1. The zero-order valence-corrected chi connectivity index (χ0v) is 19.3. The summed E-state index contributed by atoms with van der Waals surface area (Å²) >= 11 is 7.21. The molecular weight excluding hydrogens is 474 g/mol. The van der Waals surface area contributed by atoms with Crippen molar-refractivity contribution < 1.29 is 14.6 Å². The second-order valence-corrected chi connectivity index (χ2v) is 8.88. The van der Waals surface area contributed by atoms with Crippen molar-refractivity contribution in [3.8, 4) is 11.8 Å². The first-order valence-electron chi connectivity index (χ1n) is 10.1. The quantitative estimate of drug-likeness (QED) is 0.189. The van der Waals surface area contributed by atoms with Gasteiger partial charge in [-0.3, -0.25) is 0 Å². The summed E-state index contributed by atoms with van der Waals surface area (Å²) in [5.41, 5.74) is 2.87. The lowest BCUT2D eigenvalue weighted by atomic mass is 10.2. The number of imidazole rings is 1. The summed E-state index contributed by atoms with van der Waals surface area (Å²) in [6, 6.07) is 18.1. The summed E-state index contributed by atoms with van der Waals surface area (Å²) in [7, 11) is 0. The van der Waals surface area contributed by atoms with Crippen molar-refractivity contribution in [2.45, 2.75) is 6.92 Å². The number of allylic oxidation sites excluding steroid dienone is 1. The van der Waals surface area contributed by atoms with Gasteiger partial charge in [-0.05, 0) is 49.4 Å². The molecule has 5 rings (SSSR count). The Morgan fingerprint density at radius 2 is 2.03 bits per heavy atom. The van der Waals surface area contributed by atoms with Crippen molar-refractivity contribution in [3.63, 3.8) is 0 Å². The average molecular weight is 490 g/mol. The van der Waals surface area contributed by atoms with Gasteiger partial charge in [0.1, 0.15) is 28.0 Å². The number of nitrogens with one attached hydrogen (secondary N) is 1. The number of aromatic nitrogens is 4. The van der Waals surface area contributed by atoms with E-state index < -0.39 is 12.6 Å². The number of ether oxygens (including phenoxy) is 1. The predicted octanol–water partition coefficient (Wildman–Crippen LogP) is 5.57. The van der Waals surface area contributed by atoms with Crippen LogP contribution in [0.4, 0.5) is 0 Å². The Bertz CT molecular complexity index is 1590. The molecule has 0 saturated carbocycles. The molecule has 0 radical (unpaired) electrons. The van der Waals surface area contributed by atoms with E-state index in [0.717, 1.165) is 27.1 Å². The molecule has 0 unspecified atom stereocenters. The van der Waals surface area contributed by atoms with E-state index in [4.69, 9.17) is 16.3 Å². The van der Waals surface area contributed by atoms with Crippen LogP contribution in [0.25, 0.3) is 32.5 Å². The van der Waals surface area contributed by atoms with Crippen LogP contribution in [0, 0.1) is 18.3 Å². The van der Waals surface area contributed by atoms with Gasteiger partial charge >= 0.3 is 5.97 Å². The highest BCUT2D eigenvalue weighted by Crippen LogP contribution is 2.31. The summed E-state index contributed by atoms with van der Waals surface area (Å²) in [6.07, 6.45) is 0. The number of para-hydroxylation sites is 2. The molecule has 0 aliphatic heterocycles. The number of aliphatic hydroxyl groups is 1. The van der Waals surface area contributed by atoms with Gasteiger partial charge in [0.2, 0.25) is 0 Å². The minimum absolute atomic E-state index is 0.0884. The Morgan fingerprint density at radius 1 is 1.26 bits per heavy atom. The van der Waals surface area contributed by atoms with Gasteiger partial charge in [0, 0.05) is 10.4 Å². The number of H-pyrrole nitrogens is 1. The number of halogens is 1. The summed E-state index contributed by atoms with van der Waals surface area (Å²) in [4.78, 5) is 21.1. The van der Waals surface area contributed by atoms with Crippen LogP contribution in [0.2, 0.25) is 5.02 Å². The lowest BCUT2D eigenvalue weighted by Crippen LogP contribution is -2.08. The van der Waals surface area contributed by atoms with E-state index in [1.54, 1.807) is 28.9 Å². The van der Waals surface area contributed by atoms with Crippen LogP contribution in [0.5, 0.6) is 0 Å². The lowest BCUT2D eigenvalue weighted by Gasteiger charge is -2.04. The maximum atomic E-state index is 12.7. The number of aliphatic hydroxyl groups excluding tert-OH is 1. The molecule has 0 amide bonds. The molecule has 0 bridgehead atoms. The van der Waals surface area contributed by atoms with E-state index in [9.17, 15) is 15.2 Å². The molecule has 0 aliphatic carbocycles. The third kappa shape index (κ3) is 3.90. The summed E-state index contributed by atoms with van der Waals surface area (Å²) in [6.45, 7) is 1.40. The van der Waals surface area contributed by atoms with E-state index >= 15 is 0 Å². The lowest BCUT2D eigenvalue weighted by molar-refractivity contribution is 0.0508. The Morgan fingerprint density at radius 3 is 2.76 bits per heavy atom. The first-order chi connectivity index (χ1) is 16.4. The molecule has 0 fully saturated rings. The normalized spacial score (nSPS) is 12.0. The van der Waals surface area contributed by atoms with Crippen molar-refractivity contribution in [2.24, 2.45) is 0 Å². The van der Waals surface area contributed by atoms with E-state index in [1.165, 1.54) is 11.3 Å². The number of carbonyl (C=O) groups is 1. The minimum Gasteiger partial charge on any atom is -0.507 e. The molecule has 2 N–H and O–H groups in total. The predicted molar refractivity (Wildman–Crippen MR) is 130 cm³/mol. The van der Waals surface area contributed by atoms with Gasteiger partial charge in [-0.15, -0.1) is 11.3 Å². The molecule has 0 aliphatic rings. The second-order valence-electron chi connectivity index (χ2n) is 7.42. The largest absolute Gasteiger partial charge is 0.507 e. The van der Waals surface area contributed by atoms with Gasteiger partial charge in [-0.2, -0.15) is 10.4 Å². The first-order valence-corrected chi connectivity index (χ1v) is 11.3. The molecule has 0 atom stereocenters. The van der Waals surface area contributed by atoms with Crippen LogP contribution < -0.4 is 0 Å². The van der Waals surface area contributed by atoms with Gasteiger partial charge in [-0.25, -0.2) is 14.5 Å². The molecule has 34 heavy (non-hydrogen) atoms. The molecule has 8 nitrogen and oxygen atoms in total. The zero-order valence-electron chi connectivity index (χ0n) is 17.7. The standard InChI is InChI=1S/C24H16ClN5O3S/c1-13-16-10-21(34-23(16)30(29-13)15-8-6-14(25)7-9-15)24(32)33-12-20(31)17(11-26)22-27-18-4-2-3-5-19(18)28-22/h2-10,31H,12H2,1H3,(H,27,28)/b20-17-. The van der Waals surface area contributed by atoms with E-state index in [1.807, 2.05) is 43.3 Å². The van der Waals surface area contributed by atoms with Crippen LogP contribution in [0.3, 0.4) is 0 Å². The fourth-order valence-corrected chi connectivity index (χ4v) is 4.71. The number of hydrogen-bond acceptors (Lipinski definition) is 7. The molecule has 0 saturated heterocycles. The Balaban J connectivity index is 1.38. The number of nitrogens with zero attached hydrogens (tertiary/aromatic N) is 4. The number of benzene rings is 2. The molecule has 168 valence electrons. The molecule has 3 aromatic heterocycles. The maximum Gasteiger partial charge on any atom is 0.348 e. The molecule has 0 spiro atoms. The molecular formula is C24H16ClN5O3S. The number of aryl methyl sites for hydroxylation is 1. The van der Waals surface area contributed by atoms with Crippen LogP contribution in [0.1, 0.15) is 21.2 Å². The van der Waals surface area contributed by atoms with E-state index in [0.29, 0.717) is 15.4 Å². The smallest absolute Gasteiger partial charge is 0.348 e. The fraction of sp³-hybridized carbons (Fsp3) is 0.0833. The van der Waals surface area contributed by atoms with Crippen molar-refractivity contribution in [3.05, 3.63) is 81.8 Å². The number of aromatic amines is 1. The van der Waals surface area contributed by atoms with E-state index in [2.05, 4.69) is 15.1 Å². The number of fused-ring (bicyclic) bond motifs is 2. The number of carbonyl (C=O) groups excluding carboxylic acids is 1. The van der Waals surface area contributed by atoms with Gasteiger partial charge in [-0.1, -0.05) is 23.7 Å². The van der Waals surface area contributed by atoms with Gasteiger partial charge in [0.05, 0.1) is 22.4 Å². The fourth-order valence-electron chi connectivity index (χ4n) is 3.51. The van der Waals surface area contributed by atoms with E-state index in [-0.39, 0.29) is 17.2 Å². The van der Waals surface area contributed by atoms with Gasteiger partial charge in [0.15, 0.2) is 11.6 Å². The topological polar surface area (TPSA) is 117 Å². The Hall–Kier alpha value is -4.13. The molecule has 5 aromatic rings. The SMILES string of the molecule is Cc1nn(-c2ccc(Cl)cc2)c2sc(C(=O)OC/C(O)=C(\C#N)c3nc4ccccc4[nH]3)cc12. The van der Waals surface area contributed by atoms with Crippen LogP contribution in [-0.2, 0) is 4.74 Å². The Labute approximate surface area is 202 Å². The zero-order chi connectivity index (χ0) is 23.8.